The Kier molecular flexibility index (Phi) is 3.22. The van der Waals surface area contributed by atoms with Gasteiger partial charge in [0.25, 0.3) is 0 Å². The van der Waals surface area contributed by atoms with Crippen LogP contribution in [0.2, 0.25) is 0 Å². The number of nitrogens with zero attached hydrogens (tertiary/aromatic N) is 3. The zero-order valence-electron chi connectivity index (χ0n) is 8.64. The Labute approximate surface area is 87.6 Å². The topological polar surface area (TPSA) is 97.6 Å². The molecule has 6 heteroatoms. The van der Waals surface area contributed by atoms with E-state index in [1.165, 1.54) is 4.90 Å². The number of pyridine rings is 1. The fourth-order valence-corrected chi connectivity index (χ4v) is 1.12. The number of aryl methyl sites for hydroxylation is 1. The highest BCUT2D eigenvalue weighted by molar-refractivity contribution is 5.99. The molecule has 0 saturated heterocycles. The largest absolute Gasteiger partial charge is 0.370 e. The quantitative estimate of drug-likeness (QED) is 0.508. The Bertz CT molecular complexity index is 397. The lowest BCUT2D eigenvalue weighted by Crippen LogP contribution is -2.30. The number of amides is 2. The molecule has 6 nitrogen and oxygen atoms in total. The predicted molar refractivity (Wildman–Crippen MR) is 58.6 cm³/mol. The molecule has 80 valence electrons. The van der Waals surface area contributed by atoms with Crippen molar-refractivity contribution in [3.63, 3.8) is 0 Å². The highest BCUT2D eigenvalue weighted by Crippen LogP contribution is 2.15. The van der Waals surface area contributed by atoms with Crippen LogP contribution < -0.4 is 16.4 Å². The first-order valence-electron chi connectivity index (χ1n) is 4.31. The summed E-state index contributed by atoms with van der Waals surface area (Å²) in [5.74, 6) is -0.256. The van der Waals surface area contributed by atoms with Crippen LogP contribution in [0.25, 0.3) is 0 Å². The number of aliphatic imine (C=N–C) groups is 1. The van der Waals surface area contributed by atoms with Crippen molar-refractivity contribution in [1.82, 2.24) is 4.98 Å². The number of carbonyl (C=O) groups is 1. The Morgan fingerprint density at radius 3 is 2.73 bits per heavy atom. The lowest BCUT2D eigenvalue weighted by molar-refractivity contribution is 0.255. The third-order valence-corrected chi connectivity index (χ3v) is 1.85. The molecule has 0 aliphatic carbocycles. The molecule has 0 unspecified atom stereocenters. The molecular weight excluding hydrogens is 194 g/mol. The van der Waals surface area contributed by atoms with E-state index in [0.717, 1.165) is 5.69 Å². The first-order chi connectivity index (χ1) is 7.02. The Balaban J connectivity index is 2.95. The summed E-state index contributed by atoms with van der Waals surface area (Å²) in [5.41, 5.74) is 11.6. The second kappa shape index (κ2) is 4.41. The number of urea groups is 1. The van der Waals surface area contributed by atoms with Crippen molar-refractivity contribution in [3.05, 3.63) is 24.0 Å². The molecule has 0 aliphatic heterocycles. The summed E-state index contributed by atoms with van der Waals surface area (Å²) >= 11 is 0. The molecule has 0 atom stereocenters. The van der Waals surface area contributed by atoms with Crippen LogP contribution in [0.5, 0.6) is 0 Å². The van der Waals surface area contributed by atoms with E-state index in [9.17, 15) is 4.79 Å². The van der Waals surface area contributed by atoms with Crippen LogP contribution >= 0.6 is 0 Å². The maximum absolute atomic E-state index is 11.5. The molecule has 0 aromatic carbocycles. The maximum atomic E-state index is 11.5. The summed E-state index contributed by atoms with van der Waals surface area (Å²) in [5, 5.41) is 0. The molecule has 1 heterocycles. The van der Waals surface area contributed by atoms with Gasteiger partial charge in [-0.05, 0) is 19.1 Å². The number of anilines is 1. The number of rotatable bonds is 1. The van der Waals surface area contributed by atoms with E-state index in [1.54, 1.807) is 32.3 Å². The standard InChI is InChI=1S/C9H13N5O/c1-6-7(4-3-5-12-6)14(2)9(15)13-8(10)11/h3-5H,1-2H3,(H4,10,11,13,15). The molecule has 2 amide bonds. The van der Waals surface area contributed by atoms with E-state index in [1.807, 2.05) is 0 Å². The summed E-state index contributed by atoms with van der Waals surface area (Å²) in [6.07, 6.45) is 1.65. The van der Waals surface area contributed by atoms with Gasteiger partial charge < -0.3 is 11.5 Å². The number of nitrogens with two attached hydrogens (primary N) is 2. The van der Waals surface area contributed by atoms with Crippen molar-refractivity contribution in [2.45, 2.75) is 6.92 Å². The van der Waals surface area contributed by atoms with Crippen molar-refractivity contribution in [2.24, 2.45) is 16.5 Å². The van der Waals surface area contributed by atoms with Crippen LogP contribution in [-0.2, 0) is 0 Å². The highest BCUT2D eigenvalue weighted by Gasteiger charge is 2.12. The Hall–Kier alpha value is -2.11. The van der Waals surface area contributed by atoms with Crippen molar-refractivity contribution in [2.75, 3.05) is 11.9 Å². The number of hydrogen-bond donors (Lipinski definition) is 2. The molecule has 0 fully saturated rings. The summed E-state index contributed by atoms with van der Waals surface area (Å²) in [7, 11) is 1.58. The smallest absolute Gasteiger partial charge is 0.351 e. The first kappa shape index (κ1) is 11.0. The summed E-state index contributed by atoms with van der Waals surface area (Å²) in [4.78, 5) is 20.3. The van der Waals surface area contributed by atoms with Crippen molar-refractivity contribution in [1.29, 1.82) is 0 Å². The Morgan fingerprint density at radius 1 is 1.53 bits per heavy atom. The van der Waals surface area contributed by atoms with Crippen LogP contribution in [0.4, 0.5) is 10.5 Å². The van der Waals surface area contributed by atoms with Crippen LogP contribution in [0.3, 0.4) is 0 Å². The SMILES string of the molecule is Cc1ncccc1N(C)C(=O)N=C(N)N. The number of hydrogen-bond acceptors (Lipinski definition) is 2. The summed E-state index contributed by atoms with van der Waals surface area (Å²) in [6, 6.07) is 2.98. The average Bonchev–Trinajstić information content (AvgIpc) is 2.16. The van der Waals surface area contributed by atoms with Gasteiger partial charge in [0.2, 0.25) is 0 Å². The zero-order valence-corrected chi connectivity index (χ0v) is 8.64. The van der Waals surface area contributed by atoms with Crippen LogP contribution in [0, 0.1) is 6.92 Å². The number of guanidine groups is 1. The van der Waals surface area contributed by atoms with Gasteiger partial charge >= 0.3 is 6.03 Å². The van der Waals surface area contributed by atoms with Gasteiger partial charge in [0.1, 0.15) is 0 Å². The van der Waals surface area contributed by atoms with Gasteiger partial charge in [-0.15, -0.1) is 0 Å². The van der Waals surface area contributed by atoms with Crippen LogP contribution in [-0.4, -0.2) is 24.0 Å². The molecule has 0 aliphatic rings. The highest BCUT2D eigenvalue weighted by atomic mass is 16.2. The Morgan fingerprint density at radius 2 is 2.20 bits per heavy atom. The van der Waals surface area contributed by atoms with Gasteiger partial charge in [0.05, 0.1) is 11.4 Å². The fraction of sp³-hybridized carbons (Fsp3) is 0.222. The normalized spacial score (nSPS) is 9.47. The molecular formula is C9H13N5O. The zero-order chi connectivity index (χ0) is 11.4. The van der Waals surface area contributed by atoms with Gasteiger partial charge in [-0.25, -0.2) is 4.79 Å². The minimum atomic E-state index is -0.522. The molecule has 4 N–H and O–H groups in total. The van der Waals surface area contributed by atoms with Gasteiger partial charge in [-0.3, -0.25) is 9.88 Å². The molecule has 1 rings (SSSR count). The van der Waals surface area contributed by atoms with Gasteiger partial charge in [0.15, 0.2) is 5.96 Å². The van der Waals surface area contributed by atoms with E-state index >= 15 is 0 Å². The lowest BCUT2D eigenvalue weighted by Gasteiger charge is -2.15. The second-order valence-corrected chi connectivity index (χ2v) is 2.99. The van der Waals surface area contributed by atoms with Gasteiger partial charge in [0, 0.05) is 13.2 Å². The van der Waals surface area contributed by atoms with E-state index in [0.29, 0.717) is 5.69 Å². The summed E-state index contributed by atoms with van der Waals surface area (Å²) in [6.45, 7) is 1.80. The molecule has 1 aromatic rings. The molecule has 0 saturated carbocycles. The number of aromatic nitrogens is 1. The predicted octanol–water partition coefficient (Wildman–Crippen LogP) is 0.220. The van der Waals surface area contributed by atoms with Gasteiger partial charge in [-0.2, -0.15) is 4.99 Å². The van der Waals surface area contributed by atoms with Crippen molar-refractivity contribution >= 4 is 17.7 Å². The van der Waals surface area contributed by atoms with Crippen molar-refractivity contribution in [3.8, 4) is 0 Å². The first-order valence-corrected chi connectivity index (χ1v) is 4.31. The number of carbonyl (C=O) groups excluding carboxylic acids is 1. The minimum absolute atomic E-state index is 0.256. The molecule has 15 heavy (non-hydrogen) atoms. The fourth-order valence-electron chi connectivity index (χ4n) is 1.12. The third kappa shape index (κ3) is 2.67. The molecule has 0 bridgehead atoms. The van der Waals surface area contributed by atoms with Gasteiger partial charge in [-0.1, -0.05) is 0 Å². The van der Waals surface area contributed by atoms with Crippen LogP contribution in [0.15, 0.2) is 23.3 Å². The lowest BCUT2D eigenvalue weighted by atomic mass is 10.3. The second-order valence-electron chi connectivity index (χ2n) is 2.99. The van der Waals surface area contributed by atoms with E-state index in [-0.39, 0.29) is 5.96 Å². The molecule has 0 spiro atoms. The van der Waals surface area contributed by atoms with E-state index < -0.39 is 6.03 Å². The monoisotopic (exact) mass is 207 g/mol. The molecule has 1 aromatic heterocycles. The average molecular weight is 207 g/mol. The minimum Gasteiger partial charge on any atom is -0.370 e. The third-order valence-electron chi connectivity index (χ3n) is 1.85. The van der Waals surface area contributed by atoms with E-state index in [2.05, 4.69) is 9.98 Å². The van der Waals surface area contributed by atoms with E-state index in [4.69, 9.17) is 11.5 Å². The maximum Gasteiger partial charge on any atom is 0.351 e. The molecule has 0 radical (unpaired) electrons. The van der Waals surface area contributed by atoms with Crippen molar-refractivity contribution < 1.29 is 4.79 Å². The van der Waals surface area contributed by atoms with Crippen LogP contribution in [0.1, 0.15) is 5.69 Å². The summed E-state index contributed by atoms with van der Waals surface area (Å²) < 4.78 is 0.